The quantitative estimate of drug-likeness (QED) is 0.610. The van der Waals surface area contributed by atoms with Crippen LogP contribution in [0, 0.1) is 0 Å². The number of aldehydes is 1. The minimum absolute atomic E-state index is 0.0681. The van der Waals surface area contributed by atoms with Gasteiger partial charge in [-0.3, -0.25) is 4.79 Å². The third-order valence-electron chi connectivity index (χ3n) is 5.97. The first-order valence-electron chi connectivity index (χ1n) is 9.91. The predicted molar refractivity (Wildman–Crippen MR) is 111 cm³/mol. The molecule has 0 spiro atoms. The van der Waals surface area contributed by atoms with E-state index in [1.807, 2.05) is 36.4 Å². The topological polar surface area (TPSA) is 46.6 Å². The second kappa shape index (κ2) is 7.21. The molecule has 5 rings (SSSR count). The lowest BCUT2D eigenvalue weighted by Gasteiger charge is -2.29. The van der Waals surface area contributed by atoms with Gasteiger partial charge in [0.2, 0.25) is 0 Å². The number of benzene rings is 3. The van der Waals surface area contributed by atoms with Crippen molar-refractivity contribution in [2.24, 2.45) is 0 Å². The van der Waals surface area contributed by atoms with Crippen LogP contribution in [0.1, 0.15) is 38.5 Å². The fourth-order valence-electron chi connectivity index (χ4n) is 4.49. The molecule has 0 radical (unpaired) electrons. The van der Waals surface area contributed by atoms with Crippen LogP contribution in [-0.4, -0.2) is 30.4 Å². The first-order valence-corrected chi connectivity index (χ1v) is 9.91. The highest BCUT2D eigenvalue weighted by Crippen LogP contribution is 2.44. The Morgan fingerprint density at radius 1 is 0.966 bits per heavy atom. The minimum atomic E-state index is -0.281. The molecule has 0 aromatic heterocycles. The van der Waals surface area contributed by atoms with Gasteiger partial charge in [-0.25, -0.2) is 4.79 Å². The molecule has 0 unspecified atom stereocenters. The third kappa shape index (κ3) is 3.11. The smallest absolute Gasteiger partial charge is 0.410 e. The summed E-state index contributed by atoms with van der Waals surface area (Å²) >= 11 is 0. The van der Waals surface area contributed by atoms with Crippen LogP contribution in [0.5, 0.6) is 0 Å². The fourth-order valence-corrected chi connectivity index (χ4v) is 4.49. The molecule has 2 aliphatic rings. The van der Waals surface area contributed by atoms with Crippen LogP contribution in [0.25, 0.3) is 11.1 Å². The molecule has 1 amide bonds. The van der Waals surface area contributed by atoms with E-state index in [9.17, 15) is 9.59 Å². The van der Waals surface area contributed by atoms with Crippen molar-refractivity contribution in [1.82, 2.24) is 4.90 Å². The summed E-state index contributed by atoms with van der Waals surface area (Å²) in [6, 6.07) is 22.3. The van der Waals surface area contributed by atoms with E-state index in [1.165, 1.54) is 22.3 Å². The molecular weight excluding hydrogens is 362 g/mol. The summed E-state index contributed by atoms with van der Waals surface area (Å²) in [4.78, 5) is 25.5. The zero-order valence-electron chi connectivity index (χ0n) is 16.0. The first kappa shape index (κ1) is 17.7. The van der Waals surface area contributed by atoms with Gasteiger partial charge in [0.1, 0.15) is 12.9 Å². The standard InChI is InChI=1S/C25H21NO3/c27-15-17-9-10-19-14-26(12-11-18(19)13-17)25(28)29-16-24-22-7-3-1-5-20(22)21-6-2-4-8-23(21)24/h1-10,13,15,24H,11-12,14,16H2. The molecule has 0 saturated heterocycles. The van der Waals surface area contributed by atoms with E-state index >= 15 is 0 Å². The third-order valence-corrected chi connectivity index (χ3v) is 5.97. The number of carbonyl (C=O) groups excluding carboxylic acids is 2. The maximum absolute atomic E-state index is 12.8. The maximum atomic E-state index is 12.8. The SMILES string of the molecule is O=Cc1ccc2c(c1)CCN(C(=O)OCC1c3ccccc3-c3ccccc31)C2. The van der Waals surface area contributed by atoms with Crippen LogP contribution in [0.15, 0.2) is 66.7 Å². The largest absolute Gasteiger partial charge is 0.448 e. The van der Waals surface area contributed by atoms with Gasteiger partial charge in [-0.05, 0) is 45.9 Å². The lowest BCUT2D eigenvalue weighted by molar-refractivity contribution is 0.0952. The number of hydrogen-bond acceptors (Lipinski definition) is 3. The van der Waals surface area contributed by atoms with E-state index in [2.05, 4.69) is 24.3 Å². The van der Waals surface area contributed by atoms with E-state index in [-0.39, 0.29) is 12.0 Å². The monoisotopic (exact) mass is 383 g/mol. The first-order chi connectivity index (χ1) is 14.2. The summed E-state index contributed by atoms with van der Waals surface area (Å²) in [6.45, 7) is 1.46. The van der Waals surface area contributed by atoms with Crippen LogP contribution in [0.4, 0.5) is 4.79 Å². The van der Waals surface area contributed by atoms with Gasteiger partial charge in [-0.1, -0.05) is 60.7 Å². The average molecular weight is 383 g/mol. The van der Waals surface area contributed by atoms with Gasteiger partial charge in [-0.2, -0.15) is 0 Å². The molecule has 0 saturated carbocycles. The number of amides is 1. The van der Waals surface area contributed by atoms with E-state index in [4.69, 9.17) is 4.74 Å². The van der Waals surface area contributed by atoms with Crippen molar-refractivity contribution >= 4 is 12.4 Å². The van der Waals surface area contributed by atoms with E-state index in [1.54, 1.807) is 11.0 Å². The van der Waals surface area contributed by atoms with Crippen molar-refractivity contribution in [2.45, 2.75) is 18.9 Å². The van der Waals surface area contributed by atoms with Crippen LogP contribution < -0.4 is 0 Å². The molecule has 4 heteroatoms. The lowest BCUT2D eigenvalue weighted by atomic mass is 9.97. The molecule has 1 aliphatic carbocycles. The summed E-state index contributed by atoms with van der Waals surface area (Å²) in [7, 11) is 0. The molecule has 0 bridgehead atoms. The number of carbonyl (C=O) groups is 2. The second-order valence-electron chi connectivity index (χ2n) is 7.62. The molecule has 0 fully saturated rings. The minimum Gasteiger partial charge on any atom is -0.448 e. The van der Waals surface area contributed by atoms with Crippen molar-refractivity contribution in [3.63, 3.8) is 0 Å². The molecule has 1 aliphatic heterocycles. The van der Waals surface area contributed by atoms with E-state index in [0.29, 0.717) is 25.3 Å². The summed E-state index contributed by atoms with van der Waals surface area (Å²) in [5.74, 6) is 0.0681. The normalized spacial score (nSPS) is 14.7. The summed E-state index contributed by atoms with van der Waals surface area (Å²) in [5, 5.41) is 0. The van der Waals surface area contributed by atoms with Gasteiger partial charge in [-0.15, -0.1) is 0 Å². The fraction of sp³-hybridized carbons (Fsp3) is 0.200. The number of ether oxygens (including phenoxy) is 1. The van der Waals surface area contributed by atoms with Crippen molar-refractivity contribution in [3.8, 4) is 11.1 Å². The highest BCUT2D eigenvalue weighted by Gasteiger charge is 2.30. The summed E-state index contributed by atoms with van der Waals surface area (Å²) < 4.78 is 5.77. The molecule has 0 N–H and O–H groups in total. The highest BCUT2D eigenvalue weighted by molar-refractivity contribution is 5.79. The molecular formula is C25H21NO3. The summed E-state index contributed by atoms with van der Waals surface area (Å²) in [5.41, 5.74) is 7.77. The predicted octanol–water partition coefficient (Wildman–Crippen LogP) is 4.81. The highest BCUT2D eigenvalue weighted by atomic mass is 16.6. The van der Waals surface area contributed by atoms with Crippen LogP contribution in [-0.2, 0) is 17.7 Å². The molecule has 3 aromatic rings. The molecule has 144 valence electrons. The zero-order valence-corrected chi connectivity index (χ0v) is 16.0. The van der Waals surface area contributed by atoms with Gasteiger partial charge in [0.15, 0.2) is 0 Å². The number of fused-ring (bicyclic) bond motifs is 4. The molecule has 0 atom stereocenters. The van der Waals surface area contributed by atoms with Gasteiger partial charge in [0.25, 0.3) is 0 Å². The Hall–Kier alpha value is -3.40. The Balaban J connectivity index is 1.31. The molecule has 4 nitrogen and oxygen atoms in total. The maximum Gasteiger partial charge on any atom is 0.410 e. The van der Waals surface area contributed by atoms with Crippen molar-refractivity contribution < 1.29 is 14.3 Å². The van der Waals surface area contributed by atoms with Crippen molar-refractivity contribution in [1.29, 1.82) is 0 Å². The van der Waals surface area contributed by atoms with Crippen molar-refractivity contribution in [3.05, 3.63) is 94.5 Å². The second-order valence-corrected chi connectivity index (χ2v) is 7.62. The van der Waals surface area contributed by atoms with Crippen LogP contribution in [0.3, 0.4) is 0 Å². The Morgan fingerprint density at radius 2 is 1.66 bits per heavy atom. The zero-order chi connectivity index (χ0) is 19.8. The number of rotatable bonds is 3. The number of hydrogen-bond donors (Lipinski definition) is 0. The van der Waals surface area contributed by atoms with Gasteiger partial charge >= 0.3 is 6.09 Å². The van der Waals surface area contributed by atoms with E-state index in [0.717, 1.165) is 23.8 Å². The summed E-state index contributed by atoms with van der Waals surface area (Å²) in [6.07, 6.45) is 1.32. The van der Waals surface area contributed by atoms with Gasteiger partial charge in [0.05, 0.1) is 0 Å². The lowest BCUT2D eigenvalue weighted by Crippen LogP contribution is -2.37. The van der Waals surface area contributed by atoms with Crippen molar-refractivity contribution in [2.75, 3.05) is 13.2 Å². The van der Waals surface area contributed by atoms with Gasteiger partial charge < -0.3 is 9.64 Å². The number of nitrogens with zero attached hydrogens (tertiary/aromatic N) is 1. The molecule has 3 aromatic carbocycles. The van der Waals surface area contributed by atoms with Crippen LogP contribution in [0.2, 0.25) is 0 Å². The Bertz CT molecular complexity index is 1060. The van der Waals surface area contributed by atoms with Gasteiger partial charge in [0, 0.05) is 24.6 Å². The van der Waals surface area contributed by atoms with E-state index < -0.39 is 0 Å². The average Bonchev–Trinajstić information content (AvgIpc) is 3.10. The Labute approximate surface area is 169 Å². The Kier molecular flexibility index (Phi) is 4.39. The van der Waals surface area contributed by atoms with Crippen LogP contribution >= 0.6 is 0 Å². The molecule has 29 heavy (non-hydrogen) atoms. The Morgan fingerprint density at radius 3 is 2.34 bits per heavy atom. The molecule has 1 heterocycles.